The van der Waals surface area contributed by atoms with Gasteiger partial charge in [-0.3, -0.25) is 0 Å². The number of methoxy groups -OCH3 is 1. The van der Waals surface area contributed by atoms with Crippen molar-refractivity contribution in [3.05, 3.63) is 66.2 Å². The molecule has 0 saturated heterocycles. The Hall–Kier alpha value is -3.60. The van der Waals surface area contributed by atoms with Crippen LogP contribution in [-0.4, -0.2) is 27.6 Å². The van der Waals surface area contributed by atoms with Gasteiger partial charge in [0.2, 0.25) is 0 Å². The largest absolute Gasteiger partial charge is 0.465 e. The zero-order chi connectivity index (χ0) is 19.3. The summed E-state index contributed by atoms with van der Waals surface area (Å²) in [5, 5.41) is 2.45. The number of esters is 1. The van der Waals surface area contributed by atoms with Gasteiger partial charge in [0.05, 0.1) is 23.7 Å². The Kier molecular flexibility index (Phi) is 3.69. The minimum Gasteiger partial charge on any atom is -0.465 e. The second kappa shape index (κ2) is 6.23. The number of aromatic nitrogens is 3. The number of carbonyl (C=O) groups is 1. The van der Waals surface area contributed by atoms with Gasteiger partial charge in [-0.25, -0.2) is 9.78 Å². The number of hydrogen-bond acceptors (Lipinski definition) is 3. The maximum Gasteiger partial charge on any atom is 0.337 e. The SMILES string of the molecule is CCn1c2ccccc2c2cc(-c3nc4cc(C(=O)OC)ccc4[nH]3)ccc21. The second-order valence-electron chi connectivity index (χ2n) is 6.80. The van der Waals surface area contributed by atoms with Gasteiger partial charge in [-0.15, -0.1) is 0 Å². The van der Waals surface area contributed by atoms with E-state index in [0.29, 0.717) is 5.56 Å². The molecular formula is C23H19N3O2. The summed E-state index contributed by atoms with van der Waals surface area (Å²) in [6.45, 7) is 3.09. The van der Waals surface area contributed by atoms with Crippen molar-refractivity contribution in [2.24, 2.45) is 0 Å². The molecule has 1 N–H and O–H groups in total. The molecule has 0 atom stereocenters. The number of H-pyrrole nitrogens is 1. The number of carbonyl (C=O) groups excluding carboxylic acids is 1. The molecule has 5 heteroatoms. The molecule has 3 aromatic carbocycles. The van der Waals surface area contributed by atoms with Gasteiger partial charge in [0, 0.05) is 33.9 Å². The fourth-order valence-corrected chi connectivity index (χ4v) is 3.93. The highest BCUT2D eigenvalue weighted by molar-refractivity contribution is 6.09. The number of fused-ring (bicyclic) bond motifs is 4. The standard InChI is InChI=1S/C23H19N3O2/c1-3-26-20-7-5-4-6-16(20)17-12-14(9-11-21(17)26)22-24-18-10-8-15(23(27)28-2)13-19(18)25-22/h4-13H,3H2,1-2H3,(H,24,25). The van der Waals surface area contributed by atoms with Gasteiger partial charge in [0.15, 0.2) is 0 Å². The van der Waals surface area contributed by atoms with Crippen LogP contribution in [0.4, 0.5) is 0 Å². The first-order chi connectivity index (χ1) is 13.7. The van der Waals surface area contributed by atoms with Crippen LogP contribution in [0.3, 0.4) is 0 Å². The summed E-state index contributed by atoms with van der Waals surface area (Å²) in [5.74, 6) is 0.424. The molecule has 0 radical (unpaired) electrons. The number of rotatable bonds is 3. The quantitative estimate of drug-likeness (QED) is 0.448. The number of nitrogens with zero attached hydrogens (tertiary/aromatic N) is 2. The van der Waals surface area contributed by atoms with Gasteiger partial charge in [-0.05, 0) is 49.4 Å². The molecule has 138 valence electrons. The summed E-state index contributed by atoms with van der Waals surface area (Å²) < 4.78 is 7.13. The first kappa shape index (κ1) is 16.6. The fraction of sp³-hybridized carbons (Fsp3) is 0.130. The number of imidazole rings is 1. The molecule has 0 saturated carbocycles. The van der Waals surface area contributed by atoms with Crippen molar-refractivity contribution in [1.82, 2.24) is 14.5 Å². The Balaban J connectivity index is 1.68. The van der Waals surface area contributed by atoms with Crippen LogP contribution in [0.15, 0.2) is 60.7 Å². The molecule has 0 aliphatic rings. The number of benzene rings is 3. The van der Waals surface area contributed by atoms with Crippen molar-refractivity contribution in [3.63, 3.8) is 0 Å². The van der Waals surface area contributed by atoms with Crippen LogP contribution < -0.4 is 0 Å². The molecule has 5 aromatic rings. The third-order valence-corrected chi connectivity index (χ3v) is 5.27. The summed E-state index contributed by atoms with van der Waals surface area (Å²) in [4.78, 5) is 19.8. The summed E-state index contributed by atoms with van der Waals surface area (Å²) in [6, 6.07) is 20.3. The molecule has 28 heavy (non-hydrogen) atoms. The van der Waals surface area contributed by atoms with Crippen LogP contribution in [-0.2, 0) is 11.3 Å². The van der Waals surface area contributed by atoms with E-state index in [0.717, 1.165) is 29.0 Å². The molecule has 2 heterocycles. The van der Waals surface area contributed by atoms with Crippen LogP contribution in [0.5, 0.6) is 0 Å². The van der Waals surface area contributed by atoms with Crippen LogP contribution >= 0.6 is 0 Å². The molecule has 0 fully saturated rings. The van der Waals surface area contributed by atoms with Gasteiger partial charge >= 0.3 is 5.97 Å². The van der Waals surface area contributed by atoms with Crippen LogP contribution in [0.1, 0.15) is 17.3 Å². The molecule has 2 aromatic heterocycles. The lowest BCUT2D eigenvalue weighted by Gasteiger charge is -2.03. The molecule has 0 unspecified atom stereocenters. The Morgan fingerprint density at radius 3 is 2.68 bits per heavy atom. The summed E-state index contributed by atoms with van der Waals surface area (Å²) in [5.41, 5.74) is 5.60. The van der Waals surface area contributed by atoms with Gasteiger partial charge in [0.25, 0.3) is 0 Å². The Morgan fingerprint density at radius 1 is 1.04 bits per heavy atom. The lowest BCUT2D eigenvalue weighted by molar-refractivity contribution is 0.0601. The zero-order valence-electron chi connectivity index (χ0n) is 15.7. The molecular weight excluding hydrogens is 350 g/mol. The highest BCUT2D eigenvalue weighted by Crippen LogP contribution is 2.32. The first-order valence-electron chi connectivity index (χ1n) is 9.29. The first-order valence-corrected chi connectivity index (χ1v) is 9.29. The van der Waals surface area contributed by atoms with Crippen LogP contribution in [0.2, 0.25) is 0 Å². The van der Waals surface area contributed by atoms with E-state index in [2.05, 4.69) is 58.9 Å². The number of ether oxygens (including phenoxy) is 1. The third-order valence-electron chi connectivity index (χ3n) is 5.27. The number of para-hydroxylation sites is 1. The second-order valence-corrected chi connectivity index (χ2v) is 6.80. The van der Waals surface area contributed by atoms with Crippen molar-refractivity contribution in [3.8, 4) is 11.4 Å². The highest BCUT2D eigenvalue weighted by Gasteiger charge is 2.13. The Labute approximate surface area is 161 Å². The van der Waals surface area contributed by atoms with Crippen LogP contribution in [0, 0.1) is 0 Å². The summed E-state index contributed by atoms with van der Waals surface area (Å²) in [7, 11) is 1.38. The maximum absolute atomic E-state index is 11.8. The van der Waals surface area contributed by atoms with Crippen molar-refractivity contribution < 1.29 is 9.53 Å². The van der Waals surface area contributed by atoms with Gasteiger partial charge < -0.3 is 14.3 Å². The van der Waals surface area contributed by atoms with Crippen molar-refractivity contribution in [2.75, 3.05) is 7.11 Å². The average molecular weight is 369 g/mol. The predicted octanol–water partition coefficient (Wildman–Crippen LogP) is 5.14. The van der Waals surface area contributed by atoms with E-state index in [4.69, 9.17) is 9.72 Å². The minimum absolute atomic E-state index is 0.361. The van der Waals surface area contributed by atoms with E-state index < -0.39 is 0 Å². The van der Waals surface area contributed by atoms with E-state index in [1.54, 1.807) is 12.1 Å². The Bertz CT molecular complexity index is 1360. The van der Waals surface area contributed by atoms with Gasteiger partial charge in [-0.1, -0.05) is 18.2 Å². The maximum atomic E-state index is 11.8. The van der Waals surface area contributed by atoms with E-state index in [9.17, 15) is 4.79 Å². The van der Waals surface area contributed by atoms with E-state index >= 15 is 0 Å². The fourth-order valence-electron chi connectivity index (χ4n) is 3.93. The average Bonchev–Trinajstić information content (AvgIpc) is 3.31. The zero-order valence-corrected chi connectivity index (χ0v) is 15.7. The van der Waals surface area contributed by atoms with E-state index in [1.807, 2.05) is 6.07 Å². The molecule has 0 bridgehead atoms. The smallest absolute Gasteiger partial charge is 0.337 e. The normalized spacial score (nSPS) is 11.5. The molecule has 5 rings (SSSR count). The van der Waals surface area contributed by atoms with E-state index in [-0.39, 0.29) is 5.97 Å². The molecule has 0 aliphatic heterocycles. The number of aryl methyl sites for hydroxylation is 1. The minimum atomic E-state index is -0.361. The van der Waals surface area contributed by atoms with Gasteiger partial charge in [0.1, 0.15) is 5.82 Å². The lowest BCUT2D eigenvalue weighted by Crippen LogP contribution is -2.00. The highest BCUT2D eigenvalue weighted by atomic mass is 16.5. The molecule has 0 spiro atoms. The molecule has 5 nitrogen and oxygen atoms in total. The topological polar surface area (TPSA) is 59.9 Å². The molecule has 0 amide bonds. The predicted molar refractivity (Wildman–Crippen MR) is 112 cm³/mol. The van der Waals surface area contributed by atoms with Gasteiger partial charge in [-0.2, -0.15) is 0 Å². The third kappa shape index (κ3) is 2.40. The number of aromatic amines is 1. The Morgan fingerprint density at radius 2 is 1.86 bits per heavy atom. The van der Waals surface area contributed by atoms with Crippen LogP contribution in [0.25, 0.3) is 44.2 Å². The van der Waals surface area contributed by atoms with Crippen molar-refractivity contribution in [1.29, 1.82) is 0 Å². The summed E-state index contributed by atoms with van der Waals surface area (Å²) in [6.07, 6.45) is 0. The summed E-state index contributed by atoms with van der Waals surface area (Å²) >= 11 is 0. The van der Waals surface area contributed by atoms with Crippen molar-refractivity contribution in [2.45, 2.75) is 13.5 Å². The number of nitrogens with one attached hydrogen (secondary N) is 1. The van der Waals surface area contributed by atoms with E-state index in [1.165, 1.54) is 28.9 Å². The van der Waals surface area contributed by atoms with Crippen molar-refractivity contribution >= 4 is 38.8 Å². The monoisotopic (exact) mass is 369 g/mol. The lowest BCUT2D eigenvalue weighted by atomic mass is 10.1. The molecule has 0 aliphatic carbocycles. The number of hydrogen-bond donors (Lipinski definition) is 1.